The molecule has 6 heteroatoms. The number of nitrogens with one attached hydrogen (secondary N) is 1. The summed E-state index contributed by atoms with van der Waals surface area (Å²) in [5, 5.41) is 11.0. The van der Waals surface area contributed by atoms with Crippen LogP contribution in [0.2, 0.25) is 5.02 Å². The van der Waals surface area contributed by atoms with E-state index >= 15 is 0 Å². The van der Waals surface area contributed by atoms with Gasteiger partial charge in [-0.25, -0.2) is 0 Å². The topological polar surface area (TPSA) is 70.9 Å². The fraction of sp³-hybridized carbons (Fsp3) is 0.263. The summed E-state index contributed by atoms with van der Waals surface area (Å²) < 4.78 is 0. The number of carbonyl (C=O) groups excluding carboxylic acids is 2. The molecule has 0 saturated carbocycles. The quantitative estimate of drug-likeness (QED) is 0.607. The second kappa shape index (κ2) is 8.03. The Kier molecular flexibility index (Phi) is 6.04. The number of hydrogen-bond donors (Lipinski definition) is 1. The second-order valence-electron chi connectivity index (χ2n) is 5.99. The first-order valence-electron chi connectivity index (χ1n) is 7.83. The Balaban J connectivity index is 2.20. The molecule has 1 atom stereocenters. The number of ketones is 1. The van der Waals surface area contributed by atoms with E-state index in [4.69, 9.17) is 11.6 Å². The average Bonchev–Trinajstić information content (AvgIpc) is 2.52. The maximum Gasteiger partial charge on any atom is 0.258 e. The smallest absolute Gasteiger partial charge is 0.258 e. The van der Waals surface area contributed by atoms with Gasteiger partial charge in [-0.15, -0.1) is 0 Å². The minimum Gasteiger partial charge on any atom is -0.324 e. The van der Waals surface area contributed by atoms with Gasteiger partial charge in [0.25, 0.3) is 5.91 Å². The van der Waals surface area contributed by atoms with Crippen molar-refractivity contribution in [3.05, 3.63) is 58.1 Å². The predicted octanol–water partition coefficient (Wildman–Crippen LogP) is 4.95. The molecule has 1 amide bonds. The molecule has 0 heterocycles. The van der Waals surface area contributed by atoms with Gasteiger partial charge in [0.05, 0.1) is 5.02 Å². The highest BCUT2D eigenvalue weighted by atomic mass is 35.5. The van der Waals surface area contributed by atoms with Crippen LogP contribution in [0.1, 0.15) is 23.6 Å². The molecule has 0 aliphatic heterocycles. The molecule has 1 N–H and O–H groups in total. The molecule has 130 valence electrons. The molecule has 0 bridgehead atoms. The molecule has 0 aromatic heterocycles. The Morgan fingerprint density at radius 1 is 1.04 bits per heavy atom. The van der Waals surface area contributed by atoms with Crippen molar-refractivity contribution in [3.63, 3.8) is 0 Å². The van der Waals surface area contributed by atoms with Crippen molar-refractivity contribution < 1.29 is 9.59 Å². The molecule has 1 unspecified atom stereocenters. The molecule has 0 saturated heterocycles. The van der Waals surface area contributed by atoms with E-state index in [-0.39, 0.29) is 0 Å². The van der Waals surface area contributed by atoms with E-state index in [1.807, 2.05) is 39.0 Å². The van der Waals surface area contributed by atoms with Gasteiger partial charge in [0.2, 0.25) is 6.04 Å². The Hall–Kier alpha value is -2.53. The Morgan fingerprint density at radius 3 is 2.28 bits per heavy atom. The van der Waals surface area contributed by atoms with Crippen LogP contribution in [0.5, 0.6) is 0 Å². The van der Waals surface area contributed by atoms with Crippen LogP contribution in [-0.4, -0.2) is 17.7 Å². The molecule has 2 aromatic carbocycles. The van der Waals surface area contributed by atoms with Crippen molar-refractivity contribution in [1.29, 1.82) is 0 Å². The van der Waals surface area contributed by atoms with Crippen LogP contribution < -0.4 is 5.32 Å². The van der Waals surface area contributed by atoms with Crippen LogP contribution in [0, 0.1) is 20.8 Å². The zero-order valence-electron chi connectivity index (χ0n) is 14.6. The van der Waals surface area contributed by atoms with Gasteiger partial charge in [-0.2, -0.15) is 10.2 Å². The fourth-order valence-corrected chi connectivity index (χ4v) is 2.56. The molecule has 0 aliphatic carbocycles. The summed E-state index contributed by atoms with van der Waals surface area (Å²) in [5.74, 6) is -0.916. The summed E-state index contributed by atoms with van der Waals surface area (Å²) in [5.41, 5.74) is 4.05. The van der Waals surface area contributed by atoms with Crippen molar-refractivity contribution in [2.24, 2.45) is 10.2 Å². The van der Waals surface area contributed by atoms with Gasteiger partial charge in [-0.05, 0) is 57.0 Å². The summed E-state index contributed by atoms with van der Waals surface area (Å²) >= 11 is 6.10. The first kappa shape index (κ1) is 18.8. The lowest BCUT2D eigenvalue weighted by Gasteiger charge is -2.12. The first-order valence-corrected chi connectivity index (χ1v) is 8.21. The van der Waals surface area contributed by atoms with Crippen molar-refractivity contribution in [2.45, 2.75) is 33.7 Å². The van der Waals surface area contributed by atoms with E-state index in [1.165, 1.54) is 6.92 Å². The van der Waals surface area contributed by atoms with Crippen LogP contribution in [0.25, 0.3) is 0 Å². The number of nitrogens with zero attached hydrogens (tertiary/aromatic N) is 2. The summed E-state index contributed by atoms with van der Waals surface area (Å²) in [6.45, 7) is 7.07. The maximum atomic E-state index is 12.4. The second-order valence-corrected chi connectivity index (χ2v) is 6.40. The molecule has 2 aromatic rings. The lowest BCUT2D eigenvalue weighted by atomic mass is 10.1. The monoisotopic (exact) mass is 357 g/mol. The van der Waals surface area contributed by atoms with Gasteiger partial charge in [0.15, 0.2) is 5.78 Å². The van der Waals surface area contributed by atoms with E-state index < -0.39 is 17.7 Å². The molecular formula is C19H20ClN3O2. The van der Waals surface area contributed by atoms with Crippen LogP contribution >= 0.6 is 11.6 Å². The third-order valence-electron chi connectivity index (χ3n) is 3.66. The SMILES string of the molecule is CC(=O)C(N=Nc1ccc(C)cc1Cl)C(=O)Nc1ccc(C)cc1C. The maximum absolute atomic E-state index is 12.4. The Morgan fingerprint density at radius 2 is 1.68 bits per heavy atom. The Labute approximate surface area is 152 Å². The molecule has 0 spiro atoms. The van der Waals surface area contributed by atoms with E-state index in [0.29, 0.717) is 16.4 Å². The van der Waals surface area contributed by atoms with Crippen molar-refractivity contribution in [3.8, 4) is 0 Å². The van der Waals surface area contributed by atoms with Crippen LogP contribution in [-0.2, 0) is 9.59 Å². The third-order valence-corrected chi connectivity index (χ3v) is 3.96. The summed E-state index contributed by atoms with van der Waals surface area (Å²) in [4.78, 5) is 24.3. The van der Waals surface area contributed by atoms with Gasteiger partial charge in [-0.1, -0.05) is 35.4 Å². The van der Waals surface area contributed by atoms with E-state index in [9.17, 15) is 9.59 Å². The number of halogens is 1. The number of anilines is 1. The molecule has 25 heavy (non-hydrogen) atoms. The molecule has 0 aliphatic rings. The molecule has 0 radical (unpaired) electrons. The molecule has 2 rings (SSSR count). The van der Waals surface area contributed by atoms with Crippen molar-refractivity contribution in [2.75, 3.05) is 5.32 Å². The lowest BCUT2D eigenvalue weighted by Crippen LogP contribution is -2.32. The summed E-state index contributed by atoms with van der Waals surface area (Å²) in [7, 11) is 0. The first-order chi connectivity index (χ1) is 11.8. The lowest BCUT2D eigenvalue weighted by molar-refractivity contribution is -0.126. The highest BCUT2D eigenvalue weighted by Crippen LogP contribution is 2.26. The number of aryl methyl sites for hydroxylation is 3. The number of amides is 1. The molecular weight excluding hydrogens is 338 g/mol. The largest absolute Gasteiger partial charge is 0.324 e. The van der Waals surface area contributed by atoms with Gasteiger partial charge in [0, 0.05) is 5.69 Å². The van der Waals surface area contributed by atoms with Gasteiger partial charge in [-0.3, -0.25) is 9.59 Å². The number of hydrogen-bond acceptors (Lipinski definition) is 4. The highest BCUT2D eigenvalue weighted by molar-refractivity contribution is 6.33. The molecule has 0 fully saturated rings. The van der Waals surface area contributed by atoms with Gasteiger partial charge >= 0.3 is 0 Å². The highest BCUT2D eigenvalue weighted by Gasteiger charge is 2.23. The fourth-order valence-electron chi connectivity index (χ4n) is 2.29. The van der Waals surface area contributed by atoms with Gasteiger partial charge < -0.3 is 5.32 Å². The van der Waals surface area contributed by atoms with Crippen molar-refractivity contribution in [1.82, 2.24) is 0 Å². The summed E-state index contributed by atoms with van der Waals surface area (Å²) in [6, 6.07) is 9.68. The normalized spacial score (nSPS) is 12.2. The third kappa shape index (κ3) is 4.97. The Bertz CT molecular complexity index is 847. The number of carbonyl (C=O) groups is 2. The molecule has 5 nitrogen and oxygen atoms in total. The van der Waals surface area contributed by atoms with E-state index in [1.54, 1.807) is 18.2 Å². The zero-order chi connectivity index (χ0) is 18.6. The standard InChI is InChI=1S/C19H20ClN3O2/c1-11-5-7-16(13(3)9-11)21-19(25)18(14(4)24)23-22-17-8-6-12(2)10-15(17)20/h5-10,18H,1-4H3,(H,21,25). The van der Waals surface area contributed by atoms with Crippen molar-refractivity contribution >= 4 is 34.7 Å². The van der Waals surface area contributed by atoms with Crippen LogP contribution in [0.4, 0.5) is 11.4 Å². The minimum atomic E-state index is -1.22. The number of azo groups is 1. The van der Waals surface area contributed by atoms with E-state index in [2.05, 4.69) is 15.5 Å². The predicted molar refractivity (Wildman–Crippen MR) is 99.7 cm³/mol. The average molecular weight is 358 g/mol. The van der Waals surface area contributed by atoms with E-state index in [0.717, 1.165) is 16.7 Å². The number of Topliss-reactive ketones (excluding diaryl/α,β-unsaturated/α-hetero) is 1. The minimum absolute atomic E-state index is 0.394. The summed E-state index contributed by atoms with van der Waals surface area (Å²) in [6.07, 6.45) is 0. The van der Waals surface area contributed by atoms with Crippen LogP contribution in [0.3, 0.4) is 0 Å². The number of benzene rings is 2. The number of rotatable bonds is 5. The van der Waals surface area contributed by atoms with Gasteiger partial charge in [0.1, 0.15) is 5.69 Å². The zero-order valence-corrected chi connectivity index (χ0v) is 15.4. The van der Waals surface area contributed by atoms with Crippen LogP contribution in [0.15, 0.2) is 46.6 Å².